The molecule has 1 N–H and O–H groups in total. The highest BCUT2D eigenvalue weighted by molar-refractivity contribution is 5.87. The molecule has 0 aliphatic carbocycles. The number of nitrogens with zero attached hydrogens (tertiary/aromatic N) is 1. The highest BCUT2D eigenvalue weighted by Gasteiger charge is 2.24. The van der Waals surface area contributed by atoms with E-state index in [1.165, 1.54) is 5.56 Å². The normalized spacial score (nSPS) is 11.7. The van der Waals surface area contributed by atoms with Crippen molar-refractivity contribution in [2.24, 2.45) is 0 Å². The number of hydrogen-bond acceptors (Lipinski definition) is 3. The van der Waals surface area contributed by atoms with Gasteiger partial charge in [0, 0.05) is 48.6 Å². The SMILES string of the molecule is COc1cc(OC)cc([C@H](CC(=O)NCc2ccccc2)c2cn(Cc3ccccc3)c3ccccc23)c1. The molecule has 1 atom stereocenters. The van der Waals surface area contributed by atoms with Gasteiger partial charge in [0.25, 0.3) is 0 Å². The van der Waals surface area contributed by atoms with Crippen LogP contribution < -0.4 is 14.8 Å². The first-order chi connectivity index (χ1) is 18.6. The standard InChI is InChI=1S/C33H32N2O3/c1-37-27-17-26(18-28(19-27)38-2)30(20-33(36)34-21-24-11-5-3-6-12-24)31-23-35(22-25-13-7-4-8-14-25)32-16-10-9-15-29(31)32/h3-19,23,30H,20-22H2,1-2H3,(H,34,36)/t30-/m0/s1. The van der Waals surface area contributed by atoms with Crippen molar-refractivity contribution in [1.29, 1.82) is 0 Å². The Morgan fingerprint density at radius 1 is 0.789 bits per heavy atom. The lowest BCUT2D eigenvalue weighted by atomic mass is 9.87. The Balaban J connectivity index is 1.55. The van der Waals surface area contributed by atoms with Gasteiger partial charge in [0.05, 0.1) is 14.2 Å². The van der Waals surface area contributed by atoms with Crippen LogP contribution >= 0.6 is 0 Å². The van der Waals surface area contributed by atoms with Crippen molar-refractivity contribution in [3.63, 3.8) is 0 Å². The van der Waals surface area contributed by atoms with Gasteiger partial charge in [-0.1, -0.05) is 78.9 Å². The lowest BCUT2D eigenvalue weighted by Gasteiger charge is -2.19. The summed E-state index contributed by atoms with van der Waals surface area (Å²) in [6.07, 6.45) is 2.49. The molecule has 0 fully saturated rings. The van der Waals surface area contributed by atoms with Crippen molar-refractivity contribution in [1.82, 2.24) is 9.88 Å². The quantitative estimate of drug-likeness (QED) is 0.235. The monoisotopic (exact) mass is 504 g/mol. The van der Waals surface area contributed by atoms with E-state index in [1.807, 2.05) is 54.6 Å². The van der Waals surface area contributed by atoms with Crippen LogP contribution in [0.1, 0.15) is 34.6 Å². The van der Waals surface area contributed by atoms with Crippen LogP contribution in [-0.2, 0) is 17.9 Å². The summed E-state index contributed by atoms with van der Waals surface area (Å²) in [5.74, 6) is 1.18. The van der Waals surface area contributed by atoms with E-state index in [1.54, 1.807) is 14.2 Å². The van der Waals surface area contributed by atoms with Crippen LogP contribution in [0.25, 0.3) is 10.9 Å². The lowest BCUT2D eigenvalue weighted by Crippen LogP contribution is -2.25. The molecule has 0 bridgehead atoms. The van der Waals surface area contributed by atoms with Crippen molar-refractivity contribution in [2.75, 3.05) is 14.2 Å². The van der Waals surface area contributed by atoms with Crippen LogP contribution in [0, 0.1) is 0 Å². The van der Waals surface area contributed by atoms with Gasteiger partial charge in [0.2, 0.25) is 5.91 Å². The van der Waals surface area contributed by atoms with E-state index in [2.05, 4.69) is 64.6 Å². The maximum Gasteiger partial charge on any atom is 0.221 e. The third kappa shape index (κ3) is 5.73. The second-order valence-corrected chi connectivity index (χ2v) is 9.38. The predicted octanol–water partition coefficient (Wildman–Crippen LogP) is 6.55. The zero-order valence-corrected chi connectivity index (χ0v) is 21.8. The van der Waals surface area contributed by atoms with Crippen molar-refractivity contribution in [3.05, 3.63) is 132 Å². The molecule has 0 saturated carbocycles. The smallest absolute Gasteiger partial charge is 0.221 e. The van der Waals surface area contributed by atoms with E-state index in [9.17, 15) is 4.79 Å². The molecule has 1 aromatic heterocycles. The second-order valence-electron chi connectivity index (χ2n) is 9.38. The van der Waals surface area contributed by atoms with Crippen LogP contribution in [0.4, 0.5) is 0 Å². The number of para-hydroxylation sites is 1. The zero-order valence-electron chi connectivity index (χ0n) is 21.8. The molecule has 5 nitrogen and oxygen atoms in total. The lowest BCUT2D eigenvalue weighted by molar-refractivity contribution is -0.121. The Morgan fingerprint density at radius 3 is 2.05 bits per heavy atom. The van der Waals surface area contributed by atoms with Gasteiger partial charge in [0.1, 0.15) is 11.5 Å². The molecule has 0 spiro atoms. The Labute approximate surface area is 223 Å². The minimum absolute atomic E-state index is 0.0134. The third-order valence-electron chi connectivity index (χ3n) is 6.89. The number of fused-ring (bicyclic) bond motifs is 1. The number of aromatic nitrogens is 1. The van der Waals surface area contributed by atoms with E-state index >= 15 is 0 Å². The number of carbonyl (C=O) groups excluding carboxylic acids is 1. The maximum atomic E-state index is 13.3. The Hall–Kier alpha value is -4.51. The van der Waals surface area contributed by atoms with Gasteiger partial charge in [-0.15, -0.1) is 0 Å². The number of benzene rings is 4. The summed E-state index contributed by atoms with van der Waals surface area (Å²) in [6.45, 7) is 1.24. The van der Waals surface area contributed by atoms with Gasteiger partial charge in [0.15, 0.2) is 0 Å². The van der Waals surface area contributed by atoms with Gasteiger partial charge >= 0.3 is 0 Å². The number of ether oxygens (including phenoxy) is 2. The summed E-state index contributed by atoms with van der Waals surface area (Å²) in [4.78, 5) is 13.3. The van der Waals surface area contributed by atoms with Crippen LogP contribution in [-0.4, -0.2) is 24.7 Å². The molecule has 38 heavy (non-hydrogen) atoms. The molecule has 0 aliphatic rings. The predicted molar refractivity (Wildman–Crippen MR) is 152 cm³/mol. The van der Waals surface area contributed by atoms with E-state index in [0.29, 0.717) is 24.5 Å². The third-order valence-corrected chi connectivity index (χ3v) is 6.89. The summed E-state index contributed by atoms with van der Waals surface area (Å²) in [5.41, 5.74) is 5.50. The van der Waals surface area contributed by atoms with Crippen LogP contribution in [0.3, 0.4) is 0 Å². The number of amides is 1. The van der Waals surface area contributed by atoms with Crippen molar-refractivity contribution >= 4 is 16.8 Å². The van der Waals surface area contributed by atoms with Crippen molar-refractivity contribution in [2.45, 2.75) is 25.4 Å². The van der Waals surface area contributed by atoms with E-state index in [-0.39, 0.29) is 11.8 Å². The highest BCUT2D eigenvalue weighted by Crippen LogP contribution is 2.38. The minimum atomic E-state index is -0.198. The number of nitrogens with one attached hydrogen (secondary N) is 1. The zero-order chi connectivity index (χ0) is 26.3. The molecule has 0 aliphatic heterocycles. The average Bonchev–Trinajstić information content (AvgIpc) is 3.33. The molecule has 5 rings (SSSR count). The van der Waals surface area contributed by atoms with Gasteiger partial charge in [-0.25, -0.2) is 0 Å². The number of hydrogen-bond donors (Lipinski definition) is 1. The topological polar surface area (TPSA) is 52.5 Å². The van der Waals surface area contributed by atoms with E-state index in [0.717, 1.165) is 34.1 Å². The summed E-state index contributed by atoms with van der Waals surface area (Å²) >= 11 is 0. The Morgan fingerprint density at radius 2 is 1.39 bits per heavy atom. The molecular formula is C33H32N2O3. The van der Waals surface area contributed by atoms with E-state index in [4.69, 9.17) is 9.47 Å². The summed E-state index contributed by atoms with van der Waals surface area (Å²) in [6, 6.07) is 34.6. The number of rotatable bonds is 10. The van der Waals surface area contributed by atoms with Gasteiger partial charge < -0.3 is 19.4 Å². The summed E-state index contributed by atoms with van der Waals surface area (Å²) in [7, 11) is 3.29. The molecule has 4 aromatic carbocycles. The van der Waals surface area contributed by atoms with Crippen LogP contribution in [0.5, 0.6) is 11.5 Å². The number of methoxy groups -OCH3 is 2. The largest absolute Gasteiger partial charge is 0.497 e. The molecule has 192 valence electrons. The highest BCUT2D eigenvalue weighted by atomic mass is 16.5. The minimum Gasteiger partial charge on any atom is -0.497 e. The first kappa shape index (κ1) is 25.2. The van der Waals surface area contributed by atoms with Crippen LogP contribution in [0.15, 0.2) is 109 Å². The van der Waals surface area contributed by atoms with Gasteiger partial charge in [-0.2, -0.15) is 0 Å². The van der Waals surface area contributed by atoms with E-state index < -0.39 is 0 Å². The fourth-order valence-electron chi connectivity index (χ4n) is 4.96. The molecule has 0 radical (unpaired) electrons. The summed E-state index contributed by atoms with van der Waals surface area (Å²) < 4.78 is 13.4. The Kier molecular flexibility index (Phi) is 7.74. The molecular weight excluding hydrogens is 472 g/mol. The first-order valence-corrected chi connectivity index (χ1v) is 12.8. The first-order valence-electron chi connectivity index (χ1n) is 12.8. The second kappa shape index (κ2) is 11.7. The fraction of sp³-hybridized carbons (Fsp3) is 0.182. The Bertz CT molecular complexity index is 1490. The van der Waals surface area contributed by atoms with Gasteiger partial charge in [-0.05, 0) is 40.5 Å². The van der Waals surface area contributed by atoms with Crippen molar-refractivity contribution < 1.29 is 14.3 Å². The molecule has 0 saturated heterocycles. The van der Waals surface area contributed by atoms with Crippen molar-refractivity contribution in [3.8, 4) is 11.5 Å². The maximum absolute atomic E-state index is 13.3. The van der Waals surface area contributed by atoms with Crippen LogP contribution in [0.2, 0.25) is 0 Å². The fourth-order valence-corrected chi connectivity index (χ4v) is 4.96. The molecule has 5 heteroatoms. The average molecular weight is 505 g/mol. The van der Waals surface area contributed by atoms with Gasteiger partial charge in [-0.3, -0.25) is 4.79 Å². The number of carbonyl (C=O) groups is 1. The molecule has 1 heterocycles. The molecule has 0 unspecified atom stereocenters. The molecule has 5 aromatic rings. The molecule has 1 amide bonds. The summed E-state index contributed by atoms with van der Waals surface area (Å²) in [5, 5.41) is 4.24.